The Morgan fingerprint density at radius 1 is 1.25 bits per heavy atom. The number of fused-ring (bicyclic) bond motifs is 2. The van der Waals surface area contributed by atoms with Crippen LogP contribution in [0.25, 0.3) is 16.6 Å². The Hall–Kier alpha value is -2.99. The fraction of sp³-hybridized carbons (Fsp3) is 0.273. The van der Waals surface area contributed by atoms with Crippen LogP contribution in [0.15, 0.2) is 59.5 Å². The molecule has 5 nitrogen and oxygen atoms in total. The van der Waals surface area contributed by atoms with E-state index in [0.717, 1.165) is 35.6 Å². The highest BCUT2D eigenvalue weighted by Gasteiger charge is 2.70. The van der Waals surface area contributed by atoms with Gasteiger partial charge in [0.1, 0.15) is 12.1 Å². The molecule has 1 aliphatic carbocycles. The number of nitrogens with one attached hydrogen (secondary N) is 1. The van der Waals surface area contributed by atoms with Crippen LogP contribution in [0.4, 0.5) is 4.39 Å². The van der Waals surface area contributed by atoms with Gasteiger partial charge in [-0.3, -0.25) is 0 Å². The molecule has 2 aliphatic rings. The van der Waals surface area contributed by atoms with Crippen molar-refractivity contribution in [2.24, 2.45) is 5.92 Å². The zero-order chi connectivity index (χ0) is 18.9. The van der Waals surface area contributed by atoms with E-state index in [9.17, 15) is 4.39 Å². The summed E-state index contributed by atoms with van der Waals surface area (Å²) in [5, 5.41) is 9.18. The Bertz CT molecular complexity index is 1180. The molecule has 6 rings (SSSR count). The normalized spacial score (nSPS) is 25.9. The maximum atomic E-state index is 13.3. The van der Waals surface area contributed by atoms with E-state index >= 15 is 0 Å². The minimum absolute atomic E-state index is 0.0428. The van der Waals surface area contributed by atoms with Crippen LogP contribution in [-0.4, -0.2) is 27.9 Å². The monoisotopic (exact) mass is 374 g/mol. The third-order valence-corrected chi connectivity index (χ3v) is 6.50. The Morgan fingerprint density at radius 2 is 2.11 bits per heavy atom. The summed E-state index contributed by atoms with van der Waals surface area (Å²) in [4.78, 5) is 4.43. The fourth-order valence-electron chi connectivity index (χ4n) is 5.20. The van der Waals surface area contributed by atoms with Crippen LogP contribution in [0.1, 0.15) is 22.9 Å². The van der Waals surface area contributed by atoms with Crippen molar-refractivity contribution in [2.45, 2.75) is 18.3 Å². The van der Waals surface area contributed by atoms with E-state index in [1.807, 2.05) is 10.9 Å². The summed E-state index contributed by atoms with van der Waals surface area (Å²) in [5.74, 6) is 1.43. The highest BCUT2D eigenvalue weighted by atomic mass is 19.1. The van der Waals surface area contributed by atoms with Gasteiger partial charge in [0.25, 0.3) is 0 Å². The van der Waals surface area contributed by atoms with Crippen LogP contribution in [0, 0.1) is 18.7 Å². The van der Waals surface area contributed by atoms with Gasteiger partial charge in [-0.25, -0.2) is 14.1 Å². The summed E-state index contributed by atoms with van der Waals surface area (Å²) < 4.78 is 20.8. The number of piperidine rings is 1. The summed E-state index contributed by atoms with van der Waals surface area (Å²) in [6, 6.07) is 10.9. The molecule has 3 heterocycles. The van der Waals surface area contributed by atoms with Crippen molar-refractivity contribution in [3.8, 4) is 5.69 Å². The number of halogens is 1. The SMILES string of the molecule is Cc1cc2c(cnn2-c2ccc(F)cc2)cc1C12CNCC1C2c1ncco1. The molecule has 2 aromatic carbocycles. The van der Waals surface area contributed by atoms with Crippen molar-refractivity contribution in [1.29, 1.82) is 0 Å². The van der Waals surface area contributed by atoms with Crippen molar-refractivity contribution < 1.29 is 8.81 Å². The summed E-state index contributed by atoms with van der Waals surface area (Å²) in [6.45, 7) is 4.08. The van der Waals surface area contributed by atoms with E-state index in [4.69, 9.17) is 4.42 Å². The van der Waals surface area contributed by atoms with Gasteiger partial charge in [0.05, 0.1) is 29.5 Å². The largest absolute Gasteiger partial charge is 0.449 e. The molecule has 2 aromatic heterocycles. The Balaban J connectivity index is 1.47. The van der Waals surface area contributed by atoms with Crippen LogP contribution in [0.3, 0.4) is 0 Å². The van der Waals surface area contributed by atoms with E-state index in [2.05, 4.69) is 34.5 Å². The molecule has 4 aromatic rings. The standard InChI is InChI=1S/C22H19FN4O/c1-13-8-19-14(10-26-27(19)16-4-2-15(23)3-5-16)9-17(13)22-12-24-11-18(22)20(22)21-25-6-7-28-21/h2-10,18,20,24H,11-12H2,1H3. The predicted octanol–water partition coefficient (Wildman–Crippen LogP) is 3.72. The lowest BCUT2D eigenvalue weighted by Crippen LogP contribution is -2.23. The summed E-state index contributed by atoms with van der Waals surface area (Å²) in [7, 11) is 0. The third kappa shape index (κ3) is 2.04. The topological polar surface area (TPSA) is 55.9 Å². The number of hydrogen-bond donors (Lipinski definition) is 1. The number of aromatic nitrogens is 3. The molecule has 3 unspecified atom stereocenters. The number of nitrogens with zero attached hydrogens (tertiary/aromatic N) is 3. The van der Waals surface area contributed by atoms with Gasteiger partial charge in [-0.2, -0.15) is 5.10 Å². The number of hydrogen-bond acceptors (Lipinski definition) is 4. The summed E-state index contributed by atoms with van der Waals surface area (Å²) >= 11 is 0. The van der Waals surface area contributed by atoms with E-state index < -0.39 is 0 Å². The Morgan fingerprint density at radius 3 is 2.89 bits per heavy atom. The van der Waals surface area contributed by atoms with E-state index in [1.54, 1.807) is 24.6 Å². The molecule has 3 atom stereocenters. The predicted molar refractivity (Wildman–Crippen MR) is 103 cm³/mol. The maximum absolute atomic E-state index is 13.3. The lowest BCUT2D eigenvalue weighted by molar-refractivity contribution is 0.464. The molecule has 140 valence electrons. The molecule has 0 bridgehead atoms. The molecule has 0 spiro atoms. The molecule has 1 aliphatic heterocycles. The molecule has 0 radical (unpaired) electrons. The van der Waals surface area contributed by atoms with Crippen molar-refractivity contribution >= 4 is 10.9 Å². The third-order valence-electron chi connectivity index (χ3n) is 6.50. The molecule has 2 fully saturated rings. The van der Waals surface area contributed by atoms with Crippen LogP contribution in [-0.2, 0) is 5.41 Å². The fourth-order valence-corrected chi connectivity index (χ4v) is 5.20. The van der Waals surface area contributed by atoms with Crippen molar-refractivity contribution in [3.05, 3.63) is 77.9 Å². The van der Waals surface area contributed by atoms with Crippen molar-refractivity contribution in [1.82, 2.24) is 20.1 Å². The maximum Gasteiger partial charge on any atom is 0.198 e. The number of oxazole rings is 1. The summed E-state index contributed by atoms with van der Waals surface area (Å²) in [6.07, 6.45) is 5.28. The van der Waals surface area contributed by atoms with Gasteiger partial charge in [-0.05, 0) is 66.9 Å². The highest BCUT2D eigenvalue weighted by Crippen LogP contribution is 2.67. The molecule has 1 saturated carbocycles. The Labute approximate surface area is 161 Å². The minimum atomic E-state index is -0.246. The van der Waals surface area contributed by atoms with Gasteiger partial charge in [-0.15, -0.1) is 0 Å². The van der Waals surface area contributed by atoms with E-state index in [1.165, 1.54) is 23.3 Å². The van der Waals surface area contributed by atoms with Crippen molar-refractivity contribution in [3.63, 3.8) is 0 Å². The average Bonchev–Trinajstić information content (AvgIpc) is 3.22. The quantitative estimate of drug-likeness (QED) is 0.594. The molecular formula is C22H19FN4O. The smallest absolute Gasteiger partial charge is 0.198 e. The van der Waals surface area contributed by atoms with E-state index in [-0.39, 0.29) is 11.2 Å². The second-order valence-electron chi connectivity index (χ2n) is 7.88. The number of aryl methyl sites for hydroxylation is 1. The number of rotatable bonds is 3. The highest BCUT2D eigenvalue weighted by molar-refractivity contribution is 5.83. The van der Waals surface area contributed by atoms with Gasteiger partial charge in [-0.1, -0.05) is 0 Å². The van der Waals surface area contributed by atoms with Crippen LogP contribution in [0.5, 0.6) is 0 Å². The van der Waals surface area contributed by atoms with Gasteiger partial charge in [0.15, 0.2) is 5.89 Å². The van der Waals surface area contributed by atoms with Crippen molar-refractivity contribution in [2.75, 3.05) is 13.1 Å². The number of benzene rings is 2. The van der Waals surface area contributed by atoms with Gasteiger partial charge in [0, 0.05) is 17.3 Å². The summed E-state index contributed by atoms with van der Waals surface area (Å²) in [5.41, 5.74) is 4.50. The second kappa shape index (κ2) is 5.52. The molecule has 1 saturated heterocycles. The lowest BCUT2D eigenvalue weighted by atomic mass is 9.88. The molecule has 28 heavy (non-hydrogen) atoms. The zero-order valence-electron chi connectivity index (χ0n) is 15.4. The lowest BCUT2D eigenvalue weighted by Gasteiger charge is -2.18. The van der Waals surface area contributed by atoms with E-state index in [0.29, 0.717) is 11.8 Å². The molecular weight excluding hydrogens is 355 g/mol. The van der Waals surface area contributed by atoms with Gasteiger partial charge >= 0.3 is 0 Å². The van der Waals surface area contributed by atoms with Gasteiger partial charge < -0.3 is 9.73 Å². The first-order valence-electron chi connectivity index (χ1n) is 9.53. The molecule has 0 amide bonds. The minimum Gasteiger partial charge on any atom is -0.449 e. The zero-order valence-corrected chi connectivity index (χ0v) is 15.4. The first kappa shape index (κ1) is 16.0. The second-order valence-corrected chi connectivity index (χ2v) is 7.88. The molecule has 1 N–H and O–H groups in total. The molecule has 6 heteroatoms. The van der Waals surface area contributed by atoms with Crippen LogP contribution < -0.4 is 5.32 Å². The van der Waals surface area contributed by atoms with Crippen LogP contribution >= 0.6 is 0 Å². The first-order chi connectivity index (χ1) is 13.7. The first-order valence-corrected chi connectivity index (χ1v) is 9.53. The van der Waals surface area contributed by atoms with Gasteiger partial charge in [0.2, 0.25) is 0 Å². The Kier molecular flexibility index (Phi) is 3.15. The van der Waals surface area contributed by atoms with Crippen LogP contribution in [0.2, 0.25) is 0 Å². The average molecular weight is 374 g/mol.